The number of halogens is 2. The molecule has 0 saturated carbocycles. The van der Waals surface area contributed by atoms with E-state index in [1.54, 1.807) is 19.4 Å². The molecular weight excluding hydrogens is 577 g/mol. The summed E-state index contributed by atoms with van der Waals surface area (Å²) in [5, 5.41) is 6.38. The first-order valence-corrected chi connectivity index (χ1v) is 11.6. The molecule has 0 aliphatic carbocycles. The first-order valence-electron chi connectivity index (χ1n) is 8.88. The summed E-state index contributed by atoms with van der Waals surface area (Å²) in [6.07, 6.45) is 1.65. The van der Waals surface area contributed by atoms with Gasteiger partial charge in [-0.2, -0.15) is 10.1 Å². The molecule has 0 atom stereocenters. The summed E-state index contributed by atoms with van der Waals surface area (Å²) in [6, 6.07) is 20.7. The van der Waals surface area contributed by atoms with E-state index in [4.69, 9.17) is 4.74 Å². The molecule has 0 aliphatic rings. The van der Waals surface area contributed by atoms with E-state index in [0.717, 1.165) is 29.6 Å². The number of anilines is 1. The number of carbonyl (C=O) groups excluding carboxylic acids is 1. The van der Waals surface area contributed by atoms with Gasteiger partial charge >= 0.3 is 0 Å². The Bertz CT molecular complexity index is 1240. The van der Waals surface area contributed by atoms with Gasteiger partial charge in [0, 0.05) is 8.04 Å². The van der Waals surface area contributed by atoms with E-state index in [0.29, 0.717) is 10.7 Å². The third-order valence-electron chi connectivity index (χ3n) is 4.26. The smallest absolute Gasteiger partial charge is 0.281 e. The number of thiazole rings is 1. The van der Waals surface area contributed by atoms with Gasteiger partial charge in [-0.1, -0.05) is 39.4 Å². The Morgan fingerprint density at radius 3 is 2.67 bits per heavy atom. The number of nitrogens with zero attached hydrogens (tertiary/aromatic N) is 3. The van der Waals surface area contributed by atoms with E-state index < -0.39 is 0 Å². The second kappa shape index (κ2) is 9.23. The Kier molecular flexibility index (Phi) is 6.45. The molecule has 0 bridgehead atoms. The molecule has 1 aromatic heterocycles. The Hall–Kier alpha value is -2.30. The molecule has 8 heteroatoms. The number of methoxy groups -OCH3 is 1. The van der Waals surface area contributed by atoms with Gasteiger partial charge in [0.25, 0.3) is 5.91 Å². The van der Waals surface area contributed by atoms with Crippen LogP contribution in [0, 0.1) is 3.57 Å². The van der Waals surface area contributed by atoms with Gasteiger partial charge in [0.15, 0.2) is 0 Å². The number of amides is 1. The molecule has 30 heavy (non-hydrogen) atoms. The van der Waals surface area contributed by atoms with Gasteiger partial charge < -0.3 is 4.74 Å². The van der Waals surface area contributed by atoms with E-state index >= 15 is 0 Å². The van der Waals surface area contributed by atoms with Crippen LogP contribution in [0.5, 0.6) is 5.75 Å². The zero-order chi connectivity index (χ0) is 21.1. The van der Waals surface area contributed by atoms with E-state index in [1.165, 1.54) is 16.3 Å². The van der Waals surface area contributed by atoms with Gasteiger partial charge in [-0.3, -0.25) is 4.79 Å². The SMILES string of the molecule is COc1ccc(/C=N/N(C(=O)c2ccccc2I)c2nc3ccc(Br)cc3s2)cc1. The average Bonchev–Trinajstić information content (AvgIpc) is 3.17. The Morgan fingerprint density at radius 2 is 1.93 bits per heavy atom. The number of hydrogen-bond donors (Lipinski definition) is 0. The molecule has 0 saturated heterocycles. The van der Waals surface area contributed by atoms with Crippen molar-refractivity contribution in [2.24, 2.45) is 5.10 Å². The summed E-state index contributed by atoms with van der Waals surface area (Å²) >= 11 is 7.06. The van der Waals surface area contributed by atoms with Gasteiger partial charge in [0.1, 0.15) is 5.75 Å². The Labute approximate surface area is 199 Å². The van der Waals surface area contributed by atoms with Gasteiger partial charge in [0.05, 0.1) is 29.1 Å². The highest BCUT2D eigenvalue weighted by Crippen LogP contribution is 2.32. The molecule has 4 rings (SSSR count). The third-order valence-corrected chi connectivity index (χ3v) is 6.68. The van der Waals surface area contributed by atoms with Gasteiger partial charge in [0.2, 0.25) is 5.13 Å². The molecular formula is C22H15BrIN3O2S. The monoisotopic (exact) mass is 591 g/mol. The molecule has 150 valence electrons. The molecule has 0 radical (unpaired) electrons. The summed E-state index contributed by atoms with van der Waals surface area (Å²) in [5.74, 6) is 0.526. The lowest BCUT2D eigenvalue weighted by molar-refractivity contribution is 0.0987. The van der Waals surface area contributed by atoms with Crippen LogP contribution in [0.15, 0.2) is 76.3 Å². The lowest BCUT2D eigenvalue weighted by Gasteiger charge is -2.14. The summed E-state index contributed by atoms with van der Waals surface area (Å²) in [7, 11) is 1.62. The zero-order valence-corrected chi connectivity index (χ0v) is 20.3. The van der Waals surface area contributed by atoms with Crippen LogP contribution >= 0.6 is 49.9 Å². The molecule has 0 N–H and O–H groups in total. The summed E-state index contributed by atoms with van der Waals surface area (Å²) < 4.78 is 7.98. The summed E-state index contributed by atoms with van der Waals surface area (Å²) in [4.78, 5) is 18.0. The van der Waals surface area contributed by atoms with Crippen LogP contribution in [-0.2, 0) is 0 Å². The first-order chi connectivity index (χ1) is 14.5. The number of ether oxygens (including phenoxy) is 1. The minimum absolute atomic E-state index is 0.233. The predicted octanol–water partition coefficient (Wildman–Crippen LogP) is 6.35. The molecule has 3 aromatic carbocycles. The number of rotatable bonds is 5. The van der Waals surface area contributed by atoms with Gasteiger partial charge in [-0.15, -0.1) is 0 Å². The van der Waals surface area contributed by atoms with Crippen molar-refractivity contribution in [1.82, 2.24) is 4.98 Å². The van der Waals surface area contributed by atoms with Crippen molar-refractivity contribution >= 4 is 77.3 Å². The third kappa shape index (κ3) is 4.55. The number of fused-ring (bicyclic) bond motifs is 1. The van der Waals surface area contributed by atoms with Crippen molar-refractivity contribution in [2.45, 2.75) is 0 Å². The lowest BCUT2D eigenvalue weighted by Crippen LogP contribution is -2.26. The molecule has 1 heterocycles. The number of aromatic nitrogens is 1. The highest BCUT2D eigenvalue weighted by atomic mass is 127. The standard InChI is InChI=1S/C22H15BrIN3O2S/c1-29-16-9-6-14(7-10-16)13-25-27(21(28)17-4-2-3-5-18(17)24)22-26-19-11-8-15(23)12-20(19)30-22/h2-13H,1H3/b25-13+. The van der Waals surface area contributed by atoms with Crippen molar-refractivity contribution in [2.75, 3.05) is 12.1 Å². The second-order valence-corrected chi connectivity index (χ2v) is 9.31. The number of carbonyl (C=O) groups is 1. The Balaban J connectivity index is 1.75. The molecule has 0 fully saturated rings. The molecule has 4 aromatic rings. The van der Waals surface area contributed by atoms with Crippen molar-refractivity contribution in [3.63, 3.8) is 0 Å². The normalized spacial score (nSPS) is 11.2. The van der Waals surface area contributed by atoms with E-state index in [1.807, 2.05) is 60.7 Å². The highest BCUT2D eigenvalue weighted by Gasteiger charge is 2.22. The van der Waals surface area contributed by atoms with Crippen LogP contribution in [0.2, 0.25) is 0 Å². The molecule has 5 nitrogen and oxygen atoms in total. The number of benzene rings is 3. The molecule has 0 spiro atoms. The molecule has 0 aliphatic heterocycles. The molecule has 0 unspecified atom stereocenters. The fourth-order valence-corrected chi connectivity index (χ4v) is 4.82. The maximum absolute atomic E-state index is 13.4. The van der Waals surface area contributed by atoms with Crippen molar-refractivity contribution in [3.8, 4) is 5.75 Å². The van der Waals surface area contributed by atoms with Crippen LogP contribution in [0.1, 0.15) is 15.9 Å². The average molecular weight is 592 g/mol. The second-order valence-electron chi connectivity index (χ2n) is 6.22. The fraction of sp³-hybridized carbons (Fsp3) is 0.0455. The predicted molar refractivity (Wildman–Crippen MR) is 134 cm³/mol. The Morgan fingerprint density at radius 1 is 1.17 bits per heavy atom. The number of hydrogen-bond acceptors (Lipinski definition) is 5. The summed E-state index contributed by atoms with van der Waals surface area (Å²) in [6.45, 7) is 0. The van der Waals surface area contributed by atoms with Crippen LogP contribution in [0.4, 0.5) is 5.13 Å². The van der Waals surface area contributed by atoms with Crippen LogP contribution in [-0.4, -0.2) is 24.2 Å². The van der Waals surface area contributed by atoms with Crippen LogP contribution in [0.25, 0.3) is 10.2 Å². The minimum atomic E-state index is -0.233. The quantitative estimate of drug-likeness (QED) is 0.154. The molecule has 1 amide bonds. The maximum Gasteiger partial charge on any atom is 0.281 e. The van der Waals surface area contributed by atoms with Gasteiger partial charge in [-0.25, -0.2) is 4.98 Å². The fourth-order valence-electron chi connectivity index (χ4n) is 2.73. The van der Waals surface area contributed by atoms with Crippen LogP contribution in [0.3, 0.4) is 0 Å². The topological polar surface area (TPSA) is 54.8 Å². The van der Waals surface area contributed by atoms with Crippen molar-refractivity contribution < 1.29 is 9.53 Å². The minimum Gasteiger partial charge on any atom is -0.497 e. The highest BCUT2D eigenvalue weighted by molar-refractivity contribution is 14.1. The van der Waals surface area contributed by atoms with E-state index in [2.05, 4.69) is 48.6 Å². The largest absolute Gasteiger partial charge is 0.497 e. The van der Waals surface area contributed by atoms with E-state index in [9.17, 15) is 4.79 Å². The van der Waals surface area contributed by atoms with Crippen molar-refractivity contribution in [3.05, 3.63) is 85.9 Å². The first kappa shape index (κ1) is 21.0. The lowest BCUT2D eigenvalue weighted by atomic mass is 10.2. The number of hydrazone groups is 1. The van der Waals surface area contributed by atoms with E-state index in [-0.39, 0.29) is 5.91 Å². The van der Waals surface area contributed by atoms with Crippen molar-refractivity contribution in [1.29, 1.82) is 0 Å². The van der Waals surface area contributed by atoms with Crippen LogP contribution < -0.4 is 9.75 Å². The zero-order valence-electron chi connectivity index (χ0n) is 15.8. The maximum atomic E-state index is 13.4. The summed E-state index contributed by atoms with van der Waals surface area (Å²) in [5.41, 5.74) is 2.24. The van der Waals surface area contributed by atoms with Gasteiger partial charge in [-0.05, 0) is 82.8 Å².